The second-order valence-corrected chi connectivity index (χ2v) is 4.64. The maximum absolute atomic E-state index is 12.8. The zero-order valence-electron chi connectivity index (χ0n) is 9.64. The van der Waals surface area contributed by atoms with Crippen LogP contribution in [0.3, 0.4) is 0 Å². The van der Waals surface area contributed by atoms with Gasteiger partial charge in [0.25, 0.3) is 0 Å². The molecule has 0 unspecified atom stereocenters. The van der Waals surface area contributed by atoms with Crippen molar-refractivity contribution in [3.8, 4) is 5.69 Å². The van der Waals surface area contributed by atoms with E-state index in [2.05, 4.69) is 11.2 Å². The van der Waals surface area contributed by atoms with Gasteiger partial charge in [0.2, 0.25) is 0 Å². The van der Waals surface area contributed by atoms with Crippen LogP contribution in [0, 0.1) is 5.82 Å². The predicted octanol–water partition coefficient (Wildman–Crippen LogP) is 3.67. The summed E-state index contributed by atoms with van der Waals surface area (Å²) in [6, 6.07) is 8.51. The number of halogens is 1. The van der Waals surface area contributed by atoms with Crippen LogP contribution in [0.2, 0.25) is 0 Å². The Morgan fingerprint density at radius 2 is 1.76 bits per heavy atom. The molecular weight excluding hydrogens is 215 g/mol. The molecule has 2 aromatic rings. The van der Waals surface area contributed by atoms with E-state index in [1.807, 2.05) is 10.9 Å². The molecule has 1 aliphatic rings. The van der Waals surface area contributed by atoms with E-state index in [1.165, 1.54) is 43.5 Å². The third kappa shape index (κ3) is 2.09. The second-order valence-electron chi connectivity index (χ2n) is 4.64. The molecule has 1 aromatic heterocycles. The number of hydrogen-bond donors (Lipinski definition) is 0. The predicted molar refractivity (Wildman–Crippen MR) is 64.7 cm³/mol. The Morgan fingerprint density at radius 3 is 2.47 bits per heavy atom. The van der Waals surface area contributed by atoms with Crippen LogP contribution < -0.4 is 0 Å². The lowest BCUT2D eigenvalue weighted by molar-refractivity contribution is 0.626. The van der Waals surface area contributed by atoms with E-state index in [-0.39, 0.29) is 5.82 Å². The Labute approximate surface area is 100 Å². The van der Waals surface area contributed by atoms with Gasteiger partial charge < -0.3 is 0 Å². The standard InChI is InChI=1S/C14H15FN2/c15-12-5-7-13(8-6-12)17-10-9-14(16-17)11-3-1-2-4-11/h5-11H,1-4H2. The first-order valence-corrected chi connectivity index (χ1v) is 6.14. The minimum Gasteiger partial charge on any atom is -0.241 e. The Hall–Kier alpha value is -1.64. The van der Waals surface area contributed by atoms with Gasteiger partial charge in [0.15, 0.2) is 0 Å². The fraction of sp³-hybridized carbons (Fsp3) is 0.357. The summed E-state index contributed by atoms with van der Waals surface area (Å²) in [5.74, 6) is 0.411. The molecule has 0 radical (unpaired) electrons. The third-order valence-electron chi connectivity index (χ3n) is 3.47. The number of aromatic nitrogens is 2. The highest BCUT2D eigenvalue weighted by Crippen LogP contribution is 2.33. The quantitative estimate of drug-likeness (QED) is 0.769. The van der Waals surface area contributed by atoms with E-state index >= 15 is 0 Å². The zero-order chi connectivity index (χ0) is 11.7. The minimum absolute atomic E-state index is 0.211. The first-order chi connectivity index (χ1) is 8.33. The number of hydrogen-bond acceptors (Lipinski definition) is 1. The van der Waals surface area contributed by atoms with Crippen LogP contribution in [0.25, 0.3) is 5.69 Å². The van der Waals surface area contributed by atoms with Crippen LogP contribution in [-0.4, -0.2) is 9.78 Å². The Bertz CT molecular complexity index is 495. The second kappa shape index (κ2) is 4.32. The monoisotopic (exact) mass is 230 g/mol. The summed E-state index contributed by atoms with van der Waals surface area (Å²) >= 11 is 0. The summed E-state index contributed by atoms with van der Waals surface area (Å²) < 4.78 is 14.7. The highest BCUT2D eigenvalue weighted by molar-refractivity contribution is 5.31. The van der Waals surface area contributed by atoms with E-state index in [4.69, 9.17) is 0 Å². The number of rotatable bonds is 2. The number of benzene rings is 1. The van der Waals surface area contributed by atoms with Crippen LogP contribution in [0.15, 0.2) is 36.5 Å². The molecule has 0 atom stereocenters. The molecule has 1 aliphatic carbocycles. The van der Waals surface area contributed by atoms with Crippen molar-refractivity contribution in [2.45, 2.75) is 31.6 Å². The SMILES string of the molecule is Fc1ccc(-n2ccc(C3CCCC3)n2)cc1. The Morgan fingerprint density at radius 1 is 1.06 bits per heavy atom. The van der Waals surface area contributed by atoms with Crippen molar-refractivity contribution in [2.75, 3.05) is 0 Å². The van der Waals surface area contributed by atoms with Crippen LogP contribution >= 0.6 is 0 Å². The topological polar surface area (TPSA) is 17.8 Å². The van der Waals surface area contributed by atoms with Crippen LogP contribution in [0.5, 0.6) is 0 Å². The molecule has 1 saturated carbocycles. The first kappa shape index (κ1) is 10.5. The normalized spacial score (nSPS) is 16.5. The maximum Gasteiger partial charge on any atom is 0.123 e. The highest BCUT2D eigenvalue weighted by atomic mass is 19.1. The molecule has 17 heavy (non-hydrogen) atoms. The van der Waals surface area contributed by atoms with Crippen molar-refractivity contribution in [1.29, 1.82) is 0 Å². The van der Waals surface area contributed by atoms with Crippen molar-refractivity contribution in [3.63, 3.8) is 0 Å². The Kier molecular flexibility index (Phi) is 2.67. The highest BCUT2D eigenvalue weighted by Gasteiger charge is 2.19. The van der Waals surface area contributed by atoms with E-state index in [1.54, 1.807) is 12.1 Å². The lowest BCUT2D eigenvalue weighted by Gasteiger charge is -2.04. The largest absolute Gasteiger partial charge is 0.241 e. The summed E-state index contributed by atoms with van der Waals surface area (Å²) in [6.07, 6.45) is 7.09. The smallest absolute Gasteiger partial charge is 0.123 e. The van der Waals surface area contributed by atoms with Crippen molar-refractivity contribution < 1.29 is 4.39 Å². The molecular formula is C14H15FN2. The van der Waals surface area contributed by atoms with Crippen LogP contribution in [-0.2, 0) is 0 Å². The van der Waals surface area contributed by atoms with E-state index in [0.29, 0.717) is 5.92 Å². The average molecular weight is 230 g/mol. The summed E-state index contributed by atoms with van der Waals surface area (Å²) in [7, 11) is 0. The molecule has 0 spiro atoms. The third-order valence-corrected chi connectivity index (χ3v) is 3.47. The van der Waals surface area contributed by atoms with Gasteiger partial charge in [-0.1, -0.05) is 12.8 Å². The molecule has 88 valence electrons. The van der Waals surface area contributed by atoms with Gasteiger partial charge in [-0.15, -0.1) is 0 Å². The van der Waals surface area contributed by atoms with Gasteiger partial charge in [0.1, 0.15) is 5.82 Å². The van der Waals surface area contributed by atoms with Crippen molar-refractivity contribution in [3.05, 3.63) is 48.0 Å². The molecule has 0 N–H and O–H groups in total. The van der Waals surface area contributed by atoms with Crippen molar-refractivity contribution in [1.82, 2.24) is 9.78 Å². The van der Waals surface area contributed by atoms with E-state index < -0.39 is 0 Å². The molecule has 0 amide bonds. The Balaban J connectivity index is 1.86. The first-order valence-electron chi connectivity index (χ1n) is 6.14. The molecule has 0 bridgehead atoms. The van der Waals surface area contributed by atoms with Crippen LogP contribution in [0.1, 0.15) is 37.3 Å². The van der Waals surface area contributed by atoms with Crippen molar-refractivity contribution in [2.24, 2.45) is 0 Å². The lowest BCUT2D eigenvalue weighted by atomic mass is 10.1. The molecule has 1 aromatic carbocycles. The lowest BCUT2D eigenvalue weighted by Crippen LogP contribution is -1.98. The van der Waals surface area contributed by atoms with Gasteiger partial charge in [0, 0.05) is 12.1 Å². The summed E-state index contributed by atoms with van der Waals surface area (Å²) in [5.41, 5.74) is 2.09. The average Bonchev–Trinajstić information content (AvgIpc) is 3.00. The molecule has 2 nitrogen and oxygen atoms in total. The van der Waals surface area contributed by atoms with Gasteiger partial charge in [0.05, 0.1) is 11.4 Å². The number of nitrogens with zero attached hydrogens (tertiary/aromatic N) is 2. The zero-order valence-corrected chi connectivity index (χ0v) is 9.64. The molecule has 0 saturated heterocycles. The molecule has 1 heterocycles. The molecule has 3 rings (SSSR count). The van der Waals surface area contributed by atoms with Gasteiger partial charge in [-0.2, -0.15) is 5.10 Å². The summed E-state index contributed by atoms with van der Waals surface area (Å²) in [5, 5.41) is 4.59. The fourth-order valence-electron chi connectivity index (χ4n) is 2.51. The maximum atomic E-state index is 12.8. The van der Waals surface area contributed by atoms with Gasteiger partial charge in [-0.3, -0.25) is 0 Å². The summed E-state index contributed by atoms with van der Waals surface area (Å²) in [6.45, 7) is 0. The minimum atomic E-state index is -0.211. The van der Waals surface area contributed by atoms with Crippen molar-refractivity contribution >= 4 is 0 Å². The van der Waals surface area contributed by atoms with Gasteiger partial charge >= 0.3 is 0 Å². The molecule has 1 fully saturated rings. The van der Waals surface area contributed by atoms with E-state index in [0.717, 1.165) is 5.69 Å². The molecule has 0 aliphatic heterocycles. The van der Waals surface area contributed by atoms with E-state index in [9.17, 15) is 4.39 Å². The van der Waals surface area contributed by atoms with Gasteiger partial charge in [-0.05, 0) is 43.2 Å². The molecule has 3 heteroatoms. The van der Waals surface area contributed by atoms with Gasteiger partial charge in [-0.25, -0.2) is 9.07 Å². The van der Waals surface area contributed by atoms with Crippen LogP contribution in [0.4, 0.5) is 4.39 Å². The summed E-state index contributed by atoms with van der Waals surface area (Å²) in [4.78, 5) is 0. The fourth-order valence-corrected chi connectivity index (χ4v) is 2.51.